The predicted octanol–water partition coefficient (Wildman–Crippen LogP) is 6.99. The van der Waals surface area contributed by atoms with Gasteiger partial charge in [0, 0.05) is 73.2 Å². The first-order valence-electron chi connectivity index (χ1n) is 16.8. The molecule has 7 rings (SSSR count). The fourth-order valence-corrected chi connectivity index (χ4v) is 6.85. The standard InChI is InChI=1S/C42H38N2O6.H2O/c1-29(45)21-22-43(27-31-11-5-3-6-12-31)33-17-19-37-39(25-33)49-40-26-34(44(23-24-48-30(2)46)28-32-13-7-4-8-14-32)18-20-38(40)42(37)36-16-10-9-15-35(36)41(47)50-42;/h3-20,25-26H,21-24,27-28H2,1-2H3;1H2. The zero-order valence-electron chi connectivity index (χ0n) is 28.6. The molecule has 2 N–H and O–H groups in total. The summed E-state index contributed by atoms with van der Waals surface area (Å²) in [5.74, 6) is 0.499. The van der Waals surface area contributed by atoms with Crippen LogP contribution in [0.3, 0.4) is 0 Å². The van der Waals surface area contributed by atoms with Crippen molar-refractivity contribution in [3.05, 3.63) is 155 Å². The molecule has 0 aromatic heterocycles. The number of Topliss-reactive ketones (excluding diaryl/α,β-unsaturated/α-hetero) is 1. The van der Waals surface area contributed by atoms with Crippen LogP contribution < -0.4 is 14.5 Å². The maximum atomic E-state index is 13.5. The molecule has 260 valence electrons. The van der Waals surface area contributed by atoms with Gasteiger partial charge in [-0.3, -0.25) is 9.59 Å². The van der Waals surface area contributed by atoms with E-state index in [1.54, 1.807) is 13.0 Å². The first-order valence-corrected chi connectivity index (χ1v) is 16.8. The largest absolute Gasteiger partial charge is 0.464 e. The molecule has 1 spiro atoms. The second kappa shape index (κ2) is 14.9. The number of carbonyl (C=O) groups is 3. The number of esters is 2. The van der Waals surface area contributed by atoms with Crippen molar-refractivity contribution < 1.29 is 34.1 Å². The molecule has 1 atom stereocenters. The number of anilines is 2. The summed E-state index contributed by atoms with van der Waals surface area (Å²) in [6, 6.07) is 39.6. The summed E-state index contributed by atoms with van der Waals surface area (Å²) in [5.41, 5.74) is 5.45. The van der Waals surface area contributed by atoms with E-state index < -0.39 is 11.6 Å². The van der Waals surface area contributed by atoms with Gasteiger partial charge < -0.3 is 29.5 Å². The maximum absolute atomic E-state index is 13.5. The van der Waals surface area contributed by atoms with E-state index in [-0.39, 0.29) is 23.8 Å². The molecular weight excluding hydrogens is 644 g/mol. The van der Waals surface area contributed by atoms with E-state index in [9.17, 15) is 14.4 Å². The Morgan fingerprint density at radius 3 is 1.75 bits per heavy atom. The second-order valence-electron chi connectivity index (χ2n) is 12.7. The Hall–Kier alpha value is -5.93. The first-order chi connectivity index (χ1) is 24.3. The maximum Gasteiger partial charge on any atom is 0.340 e. The van der Waals surface area contributed by atoms with Crippen LogP contribution >= 0.6 is 0 Å². The number of benzene rings is 5. The number of ketones is 1. The fourth-order valence-electron chi connectivity index (χ4n) is 6.85. The minimum Gasteiger partial charge on any atom is -0.464 e. The molecule has 5 aromatic carbocycles. The quantitative estimate of drug-likeness (QED) is 0.129. The third-order valence-corrected chi connectivity index (χ3v) is 9.24. The molecule has 0 aliphatic carbocycles. The zero-order valence-corrected chi connectivity index (χ0v) is 28.6. The lowest BCUT2D eigenvalue weighted by molar-refractivity contribution is -0.140. The Morgan fingerprint density at radius 1 is 0.667 bits per heavy atom. The number of fused-ring (bicyclic) bond motifs is 6. The summed E-state index contributed by atoms with van der Waals surface area (Å²) in [6.45, 7) is 5.40. The summed E-state index contributed by atoms with van der Waals surface area (Å²) in [6.07, 6.45) is 0.399. The fraction of sp³-hybridized carbons (Fsp3) is 0.214. The van der Waals surface area contributed by atoms with Crippen LogP contribution in [-0.4, -0.2) is 42.9 Å². The van der Waals surface area contributed by atoms with E-state index in [0.717, 1.165) is 39.2 Å². The highest BCUT2D eigenvalue weighted by atomic mass is 16.6. The van der Waals surface area contributed by atoms with Crippen LogP contribution in [0.25, 0.3) is 0 Å². The van der Waals surface area contributed by atoms with Gasteiger partial charge in [0.05, 0.1) is 12.1 Å². The van der Waals surface area contributed by atoms with Crippen molar-refractivity contribution in [2.75, 3.05) is 29.5 Å². The molecule has 2 aliphatic rings. The molecule has 9 heteroatoms. The van der Waals surface area contributed by atoms with Gasteiger partial charge in [0.15, 0.2) is 5.60 Å². The average Bonchev–Trinajstić information content (AvgIpc) is 3.42. The van der Waals surface area contributed by atoms with Crippen molar-refractivity contribution in [3.8, 4) is 11.5 Å². The number of rotatable bonds is 12. The summed E-state index contributed by atoms with van der Waals surface area (Å²) in [7, 11) is 0. The average molecular weight is 685 g/mol. The van der Waals surface area contributed by atoms with Crippen molar-refractivity contribution in [1.29, 1.82) is 0 Å². The molecule has 0 fully saturated rings. The third-order valence-electron chi connectivity index (χ3n) is 9.24. The predicted molar refractivity (Wildman–Crippen MR) is 195 cm³/mol. The number of hydrogen-bond acceptors (Lipinski definition) is 8. The normalized spacial score (nSPS) is 15.0. The minimum absolute atomic E-state index is 0. The van der Waals surface area contributed by atoms with Gasteiger partial charge in [-0.25, -0.2) is 4.79 Å². The molecule has 0 saturated carbocycles. The highest BCUT2D eigenvalue weighted by Crippen LogP contribution is 2.57. The monoisotopic (exact) mass is 684 g/mol. The van der Waals surface area contributed by atoms with Crippen LogP contribution in [0, 0.1) is 0 Å². The van der Waals surface area contributed by atoms with Crippen LogP contribution in [0.4, 0.5) is 11.4 Å². The van der Waals surface area contributed by atoms with Crippen molar-refractivity contribution >= 4 is 29.1 Å². The van der Waals surface area contributed by atoms with Crippen molar-refractivity contribution in [2.45, 2.75) is 39.0 Å². The van der Waals surface area contributed by atoms with Gasteiger partial charge in [-0.05, 0) is 48.4 Å². The van der Waals surface area contributed by atoms with Gasteiger partial charge in [-0.1, -0.05) is 78.9 Å². The summed E-state index contributed by atoms with van der Waals surface area (Å²) >= 11 is 0. The Morgan fingerprint density at radius 2 is 1.20 bits per heavy atom. The number of ether oxygens (including phenoxy) is 3. The Kier molecular flexibility index (Phi) is 10.2. The van der Waals surface area contributed by atoms with E-state index >= 15 is 0 Å². The molecule has 0 radical (unpaired) electrons. The Labute approximate surface area is 297 Å². The van der Waals surface area contributed by atoms with Crippen molar-refractivity contribution in [2.24, 2.45) is 0 Å². The van der Waals surface area contributed by atoms with Crippen LogP contribution in [-0.2, 0) is 37.8 Å². The van der Waals surface area contributed by atoms with Crippen LogP contribution in [0.2, 0.25) is 0 Å². The van der Waals surface area contributed by atoms with Crippen molar-refractivity contribution in [3.63, 3.8) is 0 Å². The Bertz CT molecular complexity index is 2050. The molecule has 2 heterocycles. The molecule has 0 amide bonds. The van der Waals surface area contributed by atoms with E-state index in [0.29, 0.717) is 49.7 Å². The van der Waals surface area contributed by atoms with Crippen molar-refractivity contribution in [1.82, 2.24) is 0 Å². The second-order valence-corrected chi connectivity index (χ2v) is 12.7. The molecule has 2 aliphatic heterocycles. The van der Waals surface area contributed by atoms with Gasteiger partial charge in [0.25, 0.3) is 0 Å². The van der Waals surface area contributed by atoms with E-state index in [1.807, 2.05) is 91.0 Å². The lowest BCUT2D eigenvalue weighted by Gasteiger charge is -2.38. The Balaban J connectivity index is 0.00000448. The number of nitrogens with zero attached hydrogens (tertiary/aromatic N) is 2. The molecular formula is C42H40N2O7. The highest BCUT2D eigenvalue weighted by molar-refractivity contribution is 5.97. The molecule has 0 saturated heterocycles. The first kappa shape index (κ1) is 34.9. The van der Waals surface area contributed by atoms with E-state index in [2.05, 4.69) is 34.1 Å². The van der Waals surface area contributed by atoms with Gasteiger partial charge in [-0.15, -0.1) is 0 Å². The molecule has 9 nitrogen and oxygen atoms in total. The minimum atomic E-state index is -1.22. The smallest absolute Gasteiger partial charge is 0.340 e. The van der Waals surface area contributed by atoms with Gasteiger partial charge in [-0.2, -0.15) is 0 Å². The van der Waals surface area contributed by atoms with Crippen LogP contribution in [0.5, 0.6) is 11.5 Å². The highest BCUT2D eigenvalue weighted by Gasteiger charge is 2.53. The third kappa shape index (κ3) is 7.07. The van der Waals surface area contributed by atoms with Crippen LogP contribution in [0.1, 0.15) is 58.4 Å². The molecule has 5 aromatic rings. The number of carbonyl (C=O) groups excluding carboxylic acids is 3. The van der Waals surface area contributed by atoms with Gasteiger partial charge in [0.1, 0.15) is 23.9 Å². The SMILES string of the molecule is CC(=O)CCN(Cc1ccccc1)c1ccc2c(c1)Oc1cc(N(CCOC(C)=O)Cc3ccccc3)ccc1C21OC(=O)c2ccccc21.O. The zero-order chi connectivity index (χ0) is 34.7. The van der Waals surface area contributed by atoms with Gasteiger partial charge >= 0.3 is 11.9 Å². The van der Waals surface area contributed by atoms with E-state index in [1.165, 1.54) is 6.92 Å². The lowest BCUT2D eigenvalue weighted by Crippen LogP contribution is -2.34. The topological polar surface area (TPSA) is 117 Å². The molecule has 51 heavy (non-hydrogen) atoms. The molecule has 0 bridgehead atoms. The summed E-state index contributed by atoms with van der Waals surface area (Å²) in [5, 5.41) is 0. The summed E-state index contributed by atoms with van der Waals surface area (Å²) in [4.78, 5) is 41.5. The van der Waals surface area contributed by atoms with E-state index in [4.69, 9.17) is 14.2 Å². The number of hydrogen-bond donors (Lipinski definition) is 0. The summed E-state index contributed by atoms with van der Waals surface area (Å²) < 4.78 is 18.5. The lowest BCUT2D eigenvalue weighted by atomic mass is 9.77. The van der Waals surface area contributed by atoms with Crippen LogP contribution in [0.15, 0.2) is 121 Å². The van der Waals surface area contributed by atoms with Gasteiger partial charge in [0.2, 0.25) is 0 Å². The molecule has 1 unspecified atom stereocenters.